The minimum Gasteiger partial charge on any atom is -0.357 e. The van der Waals surface area contributed by atoms with Crippen molar-refractivity contribution in [3.05, 3.63) is 48.0 Å². The number of hydrogen-bond donors (Lipinski definition) is 1. The summed E-state index contributed by atoms with van der Waals surface area (Å²) in [6.45, 7) is 6.61. The van der Waals surface area contributed by atoms with Gasteiger partial charge in [0.05, 0.1) is 13.1 Å². The molecule has 7 nitrogen and oxygen atoms in total. The Morgan fingerprint density at radius 3 is 2.79 bits per heavy atom. The molecule has 154 valence electrons. The van der Waals surface area contributed by atoms with Gasteiger partial charge in [-0.3, -0.25) is 14.6 Å². The molecule has 1 saturated heterocycles. The second-order valence-electron chi connectivity index (χ2n) is 7.10. The monoisotopic (exact) mass is 497 g/mol. The van der Waals surface area contributed by atoms with Crippen LogP contribution in [-0.4, -0.2) is 63.2 Å². The Balaban J connectivity index is 0.00000280. The summed E-state index contributed by atoms with van der Waals surface area (Å²) in [4.78, 5) is 13.9. The maximum atomic E-state index is 4.93. The Kier molecular flexibility index (Phi) is 9.17. The van der Waals surface area contributed by atoms with Crippen LogP contribution in [0.5, 0.6) is 0 Å². The highest BCUT2D eigenvalue weighted by molar-refractivity contribution is 14.0. The molecule has 1 unspecified atom stereocenters. The zero-order chi connectivity index (χ0) is 19.1. The van der Waals surface area contributed by atoms with E-state index in [1.54, 1.807) is 11.0 Å². The second-order valence-corrected chi connectivity index (χ2v) is 7.10. The van der Waals surface area contributed by atoms with Gasteiger partial charge < -0.3 is 10.2 Å². The van der Waals surface area contributed by atoms with Crippen molar-refractivity contribution in [1.82, 2.24) is 29.9 Å². The predicted molar refractivity (Wildman–Crippen MR) is 124 cm³/mol. The smallest absolute Gasteiger partial charge is 0.194 e. The largest absolute Gasteiger partial charge is 0.357 e. The van der Waals surface area contributed by atoms with Crippen LogP contribution in [0.3, 0.4) is 0 Å². The molecule has 1 aliphatic rings. The zero-order valence-corrected chi connectivity index (χ0v) is 19.4. The number of nitrogens with one attached hydrogen (secondary N) is 1. The van der Waals surface area contributed by atoms with Gasteiger partial charge in [0.1, 0.15) is 12.2 Å². The molecule has 1 N–H and O–H groups in total. The van der Waals surface area contributed by atoms with Crippen LogP contribution in [0.15, 0.2) is 41.7 Å². The van der Waals surface area contributed by atoms with Gasteiger partial charge in [0, 0.05) is 33.2 Å². The predicted octanol–water partition coefficient (Wildman–Crippen LogP) is 2.50. The number of nitrogens with zero attached hydrogens (tertiary/aromatic N) is 6. The molecular formula is C20H32IN7. The number of guanidine groups is 1. The Hall–Kier alpha value is -1.68. The highest BCUT2D eigenvalue weighted by Crippen LogP contribution is 2.20. The number of benzene rings is 1. The van der Waals surface area contributed by atoms with Crippen molar-refractivity contribution < 1.29 is 0 Å². The third-order valence-electron chi connectivity index (χ3n) is 5.06. The van der Waals surface area contributed by atoms with E-state index >= 15 is 0 Å². The average molecular weight is 497 g/mol. The number of rotatable bonds is 7. The molecule has 8 heteroatoms. The van der Waals surface area contributed by atoms with Crippen molar-refractivity contribution in [2.75, 3.05) is 26.7 Å². The molecule has 1 aromatic carbocycles. The van der Waals surface area contributed by atoms with E-state index in [0.29, 0.717) is 12.6 Å². The van der Waals surface area contributed by atoms with Gasteiger partial charge in [0.25, 0.3) is 0 Å². The van der Waals surface area contributed by atoms with Crippen LogP contribution in [-0.2, 0) is 20.1 Å². The van der Waals surface area contributed by atoms with E-state index in [0.717, 1.165) is 38.0 Å². The third kappa shape index (κ3) is 6.16. The molecule has 1 aromatic heterocycles. The van der Waals surface area contributed by atoms with Gasteiger partial charge in [0.2, 0.25) is 0 Å². The summed E-state index contributed by atoms with van der Waals surface area (Å²) in [7, 11) is 3.97. The van der Waals surface area contributed by atoms with E-state index in [9.17, 15) is 0 Å². The van der Waals surface area contributed by atoms with Crippen molar-refractivity contribution in [1.29, 1.82) is 0 Å². The summed E-state index contributed by atoms with van der Waals surface area (Å²) in [5.74, 6) is 1.85. The molecule has 28 heavy (non-hydrogen) atoms. The lowest BCUT2D eigenvalue weighted by Gasteiger charge is -2.25. The molecular weight excluding hydrogens is 465 g/mol. The number of likely N-dealkylation sites (tertiary alicyclic amines) is 1. The normalized spacial score (nSPS) is 17.4. The second kappa shape index (κ2) is 11.4. The van der Waals surface area contributed by atoms with Gasteiger partial charge in [0.15, 0.2) is 5.96 Å². The van der Waals surface area contributed by atoms with E-state index in [-0.39, 0.29) is 24.0 Å². The van der Waals surface area contributed by atoms with Crippen LogP contribution < -0.4 is 5.32 Å². The SMILES string of the molecule is CCNC(=NCC1CCCN1Cc1ccccc1)N(C)Cc1ncnn1C.I. The highest BCUT2D eigenvalue weighted by Gasteiger charge is 2.24. The molecule has 1 fully saturated rings. The highest BCUT2D eigenvalue weighted by atomic mass is 127. The number of aliphatic imine (C=N–C) groups is 1. The van der Waals surface area contributed by atoms with Gasteiger partial charge >= 0.3 is 0 Å². The summed E-state index contributed by atoms with van der Waals surface area (Å²) in [6, 6.07) is 11.2. The van der Waals surface area contributed by atoms with E-state index in [2.05, 4.69) is 62.5 Å². The van der Waals surface area contributed by atoms with Crippen molar-refractivity contribution in [2.24, 2.45) is 12.0 Å². The summed E-state index contributed by atoms with van der Waals surface area (Å²) in [6.07, 6.45) is 4.05. The first-order valence-electron chi connectivity index (χ1n) is 9.77. The quantitative estimate of drug-likeness (QED) is 0.362. The topological polar surface area (TPSA) is 61.6 Å². The van der Waals surface area contributed by atoms with E-state index in [1.807, 2.05) is 14.1 Å². The van der Waals surface area contributed by atoms with Crippen molar-refractivity contribution in [3.63, 3.8) is 0 Å². The standard InChI is InChI=1S/C20H31N7.HI/c1-4-21-20(25(2)15-19-23-16-24-26(19)3)22-13-18-11-8-12-27(18)14-17-9-6-5-7-10-17;/h5-7,9-10,16,18H,4,8,11-15H2,1-3H3,(H,21,22);1H. The van der Waals surface area contributed by atoms with Crippen molar-refractivity contribution in [2.45, 2.75) is 38.9 Å². The number of aryl methyl sites for hydroxylation is 1. The Labute approximate surface area is 185 Å². The zero-order valence-electron chi connectivity index (χ0n) is 17.1. The molecule has 2 aromatic rings. The van der Waals surface area contributed by atoms with Gasteiger partial charge in [-0.2, -0.15) is 5.10 Å². The Morgan fingerprint density at radius 1 is 1.32 bits per heavy atom. The minimum atomic E-state index is 0. The van der Waals surface area contributed by atoms with Gasteiger partial charge in [-0.05, 0) is 31.9 Å². The third-order valence-corrected chi connectivity index (χ3v) is 5.06. The molecule has 3 rings (SSSR count). The molecule has 0 radical (unpaired) electrons. The number of aromatic nitrogens is 3. The van der Waals surface area contributed by atoms with Crippen molar-refractivity contribution in [3.8, 4) is 0 Å². The molecule has 2 heterocycles. The minimum absolute atomic E-state index is 0. The Morgan fingerprint density at radius 2 is 2.11 bits per heavy atom. The molecule has 1 atom stereocenters. The van der Waals surface area contributed by atoms with Crippen LogP contribution in [0.4, 0.5) is 0 Å². The number of halogens is 1. The lowest BCUT2D eigenvalue weighted by atomic mass is 10.2. The lowest BCUT2D eigenvalue weighted by Crippen LogP contribution is -2.40. The van der Waals surface area contributed by atoms with Crippen LogP contribution in [0.1, 0.15) is 31.2 Å². The summed E-state index contributed by atoms with van der Waals surface area (Å²) in [5.41, 5.74) is 1.37. The average Bonchev–Trinajstić information content (AvgIpc) is 3.28. The summed E-state index contributed by atoms with van der Waals surface area (Å²) < 4.78 is 1.80. The summed E-state index contributed by atoms with van der Waals surface area (Å²) >= 11 is 0. The van der Waals surface area contributed by atoms with Gasteiger partial charge in [-0.25, -0.2) is 4.98 Å². The molecule has 0 amide bonds. The maximum Gasteiger partial charge on any atom is 0.194 e. The van der Waals surface area contributed by atoms with Crippen molar-refractivity contribution >= 4 is 29.9 Å². The molecule has 1 aliphatic heterocycles. The fraction of sp³-hybridized carbons (Fsp3) is 0.550. The maximum absolute atomic E-state index is 4.93. The van der Waals surface area contributed by atoms with E-state index < -0.39 is 0 Å². The fourth-order valence-corrected chi connectivity index (χ4v) is 3.54. The van der Waals surface area contributed by atoms with Crippen LogP contribution in [0.25, 0.3) is 0 Å². The first-order valence-corrected chi connectivity index (χ1v) is 9.77. The lowest BCUT2D eigenvalue weighted by molar-refractivity contribution is 0.250. The summed E-state index contributed by atoms with van der Waals surface area (Å²) in [5, 5.41) is 7.55. The first kappa shape index (κ1) is 22.6. The molecule has 0 aliphatic carbocycles. The fourth-order valence-electron chi connectivity index (χ4n) is 3.54. The van der Waals surface area contributed by atoms with Crippen LogP contribution >= 0.6 is 24.0 Å². The first-order chi connectivity index (χ1) is 13.2. The van der Waals surface area contributed by atoms with Crippen LogP contribution in [0, 0.1) is 0 Å². The molecule has 0 saturated carbocycles. The molecule has 0 spiro atoms. The van der Waals surface area contributed by atoms with Gasteiger partial charge in [-0.15, -0.1) is 24.0 Å². The number of hydrogen-bond acceptors (Lipinski definition) is 4. The molecule has 0 bridgehead atoms. The van der Waals surface area contributed by atoms with E-state index in [1.165, 1.54) is 18.4 Å². The van der Waals surface area contributed by atoms with Crippen LogP contribution in [0.2, 0.25) is 0 Å². The van der Waals surface area contributed by atoms with Gasteiger partial charge in [-0.1, -0.05) is 30.3 Å². The van der Waals surface area contributed by atoms with E-state index in [4.69, 9.17) is 4.99 Å². The Bertz CT molecular complexity index is 731.